The fraction of sp³-hybridized carbons (Fsp3) is 0.222. The lowest BCUT2D eigenvalue weighted by Crippen LogP contribution is -2.35. The van der Waals surface area contributed by atoms with Gasteiger partial charge in [0.15, 0.2) is 0 Å². The molecule has 2 N–H and O–H groups in total. The first-order valence-corrected chi connectivity index (χ1v) is 5.68. The van der Waals surface area contributed by atoms with Gasteiger partial charge in [-0.25, -0.2) is 0 Å². The lowest BCUT2D eigenvalue weighted by atomic mass is 10.0. The van der Waals surface area contributed by atoms with Gasteiger partial charge in [-0.15, -0.1) is 23.1 Å². The van der Waals surface area contributed by atoms with Gasteiger partial charge < -0.3 is 5.73 Å². The Labute approximate surface area is 84.8 Å². The highest BCUT2D eigenvalue weighted by Gasteiger charge is 2.40. The van der Waals surface area contributed by atoms with E-state index in [0.29, 0.717) is 6.42 Å². The van der Waals surface area contributed by atoms with Crippen LogP contribution in [0.1, 0.15) is 11.3 Å². The molecule has 0 fully saturated rings. The van der Waals surface area contributed by atoms with Crippen LogP contribution in [0.3, 0.4) is 0 Å². The van der Waals surface area contributed by atoms with Gasteiger partial charge in [-0.3, -0.25) is 4.79 Å². The normalized spacial score (nSPS) is 26.5. The van der Waals surface area contributed by atoms with E-state index in [-0.39, 0.29) is 5.91 Å². The lowest BCUT2D eigenvalue weighted by Gasteiger charge is -2.22. The van der Waals surface area contributed by atoms with Gasteiger partial charge in [-0.2, -0.15) is 0 Å². The van der Waals surface area contributed by atoms with Gasteiger partial charge >= 0.3 is 0 Å². The number of hydrogen-bond acceptors (Lipinski definition) is 3. The Morgan fingerprint density at radius 2 is 2.46 bits per heavy atom. The number of rotatable bonds is 2. The molecular weight excluding hydrogens is 202 g/mol. The van der Waals surface area contributed by atoms with Crippen molar-refractivity contribution in [1.29, 1.82) is 0 Å². The van der Waals surface area contributed by atoms with E-state index in [1.165, 1.54) is 11.8 Å². The number of thioether (sulfide) groups is 1. The monoisotopic (exact) mass is 211 g/mol. The maximum absolute atomic E-state index is 11.4. The molecule has 2 heterocycles. The number of allylic oxidation sites excluding steroid dienone is 1. The van der Waals surface area contributed by atoms with Crippen LogP contribution in [-0.2, 0) is 9.54 Å². The van der Waals surface area contributed by atoms with E-state index in [0.717, 1.165) is 4.88 Å². The summed E-state index contributed by atoms with van der Waals surface area (Å²) in [5.74, 6) is -0.245. The van der Waals surface area contributed by atoms with E-state index in [1.807, 2.05) is 29.0 Å². The number of amides is 1. The van der Waals surface area contributed by atoms with Gasteiger partial charge in [0.25, 0.3) is 0 Å². The summed E-state index contributed by atoms with van der Waals surface area (Å²) in [7, 11) is 0. The first-order valence-electron chi connectivity index (χ1n) is 3.92. The van der Waals surface area contributed by atoms with Crippen LogP contribution in [0.5, 0.6) is 0 Å². The summed E-state index contributed by atoms with van der Waals surface area (Å²) in [6, 6.07) is 3.92. The van der Waals surface area contributed by atoms with Crippen LogP contribution in [0.15, 0.2) is 29.0 Å². The average Bonchev–Trinajstić information content (AvgIpc) is 2.75. The minimum absolute atomic E-state index is 0.245. The topological polar surface area (TPSA) is 43.1 Å². The van der Waals surface area contributed by atoms with Crippen molar-refractivity contribution in [2.75, 3.05) is 0 Å². The minimum Gasteiger partial charge on any atom is -0.368 e. The predicted octanol–water partition coefficient (Wildman–Crippen LogP) is 2.08. The standard InChI is InChI=1S/C9H9NOS2/c10-8(11)9(4-2-6-13-9)7-3-1-5-12-7/h1-3,5-6H,4H2,(H2,10,11). The molecule has 1 aromatic rings. The smallest absolute Gasteiger partial charge is 0.239 e. The van der Waals surface area contributed by atoms with E-state index in [2.05, 4.69) is 0 Å². The lowest BCUT2D eigenvalue weighted by molar-refractivity contribution is -0.120. The Morgan fingerprint density at radius 3 is 2.92 bits per heavy atom. The first kappa shape index (κ1) is 8.84. The van der Waals surface area contributed by atoms with Crippen LogP contribution in [0, 0.1) is 0 Å². The Kier molecular flexibility index (Phi) is 2.17. The highest BCUT2D eigenvalue weighted by atomic mass is 32.2. The highest BCUT2D eigenvalue weighted by molar-refractivity contribution is 8.04. The third-order valence-corrected chi connectivity index (χ3v) is 4.57. The van der Waals surface area contributed by atoms with Gasteiger partial charge in [-0.1, -0.05) is 12.1 Å². The molecule has 2 nitrogen and oxygen atoms in total. The molecule has 1 aliphatic rings. The van der Waals surface area contributed by atoms with E-state index in [1.54, 1.807) is 11.3 Å². The van der Waals surface area contributed by atoms with Gasteiger partial charge in [0.1, 0.15) is 4.75 Å². The molecule has 0 radical (unpaired) electrons. The molecule has 0 spiro atoms. The Balaban J connectivity index is 2.41. The zero-order valence-corrected chi connectivity index (χ0v) is 8.53. The third-order valence-electron chi connectivity index (χ3n) is 2.09. The summed E-state index contributed by atoms with van der Waals surface area (Å²) < 4.78 is -0.520. The Morgan fingerprint density at radius 1 is 1.62 bits per heavy atom. The molecule has 4 heteroatoms. The molecule has 13 heavy (non-hydrogen) atoms. The third kappa shape index (κ3) is 1.30. The van der Waals surface area contributed by atoms with Crippen molar-refractivity contribution in [3.63, 3.8) is 0 Å². The molecular formula is C9H9NOS2. The van der Waals surface area contributed by atoms with Crippen LogP contribution in [-0.4, -0.2) is 5.91 Å². The summed E-state index contributed by atoms with van der Waals surface area (Å²) in [6.07, 6.45) is 2.71. The number of carbonyl (C=O) groups is 1. The minimum atomic E-state index is -0.520. The summed E-state index contributed by atoms with van der Waals surface area (Å²) in [6.45, 7) is 0. The fourth-order valence-corrected chi connectivity index (χ4v) is 3.41. The van der Waals surface area contributed by atoms with Crippen molar-refractivity contribution in [1.82, 2.24) is 0 Å². The van der Waals surface area contributed by atoms with E-state index >= 15 is 0 Å². The summed E-state index contributed by atoms with van der Waals surface area (Å²) in [5, 5.41) is 3.92. The molecule has 1 aliphatic heterocycles. The number of nitrogens with two attached hydrogens (primary N) is 1. The Bertz CT molecular complexity index is 335. The predicted molar refractivity (Wildman–Crippen MR) is 56.5 cm³/mol. The van der Waals surface area contributed by atoms with Crippen molar-refractivity contribution < 1.29 is 4.79 Å². The number of hydrogen-bond donors (Lipinski definition) is 1. The molecule has 0 aromatic carbocycles. The van der Waals surface area contributed by atoms with E-state index in [9.17, 15) is 4.79 Å². The van der Waals surface area contributed by atoms with E-state index in [4.69, 9.17) is 5.73 Å². The van der Waals surface area contributed by atoms with Gasteiger partial charge in [-0.05, 0) is 23.3 Å². The molecule has 0 saturated heterocycles. The second-order valence-electron chi connectivity index (χ2n) is 2.86. The summed E-state index contributed by atoms with van der Waals surface area (Å²) in [4.78, 5) is 12.4. The number of carbonyl (C=O) groups excluding carboxylic acids is 1. The quantitative estimate of drug-likeness (QED) is 0.814. The molecule has 68 valence electrons. The molecule has 1 unspecified atom stereocenters. The van der Waals surface area contributed by atoms with Gasteiger partial charge in [0.2, 0.25) is 5.91 Å². The maximum Gasteiger partial charge on any atom is 0.239 e. The second-order valence-corrected chi connectivity index (χ2v) is 5.01. The van der Waals surface area contributed by atoms with Crippen LogP contribution < -0.4 is 5.73 Å². The van der Waals surface area contributed by atoms with Crippen molar-refractivity contribution >= 4 is 29.0 Å². The van der Waals surface area contributed by atoms with Crippen molar-refractivity contribution in [3.05, 3.63) is 33.9 Å². The molecule has 1 atom stereocenters. The molecule has 0 saturated carbocycles. The van der Waals surface area contributed by atoms with Crippen LogP contribution >= 0.6 is 23.1 Å². The van der Waals surface area contributed by atoms with Crippen LogP contribution in [0.25, 0.3) is 0 Å². The summed E-state index contributed by atoms with van der Waals surface area (Å²) >= 11 is 3.10. The fourth-order valence-electron chi connectivity index (χ4n) is 1.37. The first-order chi connectivity index (χ1) is 6.26. The van der Waals surface area contributed by atoms with E-state index < -0.39 is 4.75 Å². The molecule has 0 aliphatic carbocycles. The van der Waals surface area contributed by atoms with Crippen molar-refractivity contribution in [2.45, 2.75) is 11.2 Å². The molecule has 2 rings (SSSR count). The molecule has 0 bridgehead atoms. The average molecular weight is 211 g/mol. The highest BCUT2D eigenvalue weighted by Crippen LogP contribution is 2.46. The zero-order valence-electron chi connectivity index (χ0n) is 6.90. The van der Waals surface area contributed by atoms with Crippen LogP contribution in [0.4, 0.5) is 0 Å². The second kappa shape index (κ2) is 3.20. The number of primary amides is 1. The molecule has 1 aromatic heterocycles. The van der Waals surface area contributed by atoms with Gasteiger partial charge in [0, 0.05) is 4.88 Å². The Hall–Kier alpha value is -0.740. The number of thiophene rings is 1. The molecule has 1 amide bonds. The zero-order chi connectivity index (χ0) is 9.31. The van der Waals surface area contributed by atoms with Crippen molar-refractivity contribution in [2.24, 2.45) is 5.73 Å². The SMILES string of the molecule is NC(=O)C1(c2cccs2)CC=CS1. The largest absolute Gasteiger partial charge is 0.368 e. The maximum atomic E-state index is 11.4. The van der Waals surface area contributed by atoms with Crippen molar-refractivity contribution in [3.8, 4) is 0 Å². The summed E-state index contributed by atoms with van der Waals surface area (Å²) in [5.41, 5.74) is 5.43. The van der Waals surface area contributed by atoms with Crippen LogP contribution in [0.2, 0.25) is 0 Å². The van der Waals surface area contributed by atoms with Gasteiger partial charge in [0.05, 0.1) is 0 Å².